The fraction of sp³-hybridized carbons (Fsp3) is 0.333. The normalized spacial score (nSPS) is 9.91. The molecule has 1 rings (SSSR count). The summed E-state index contributed by atoms with van der Waals surface area (Å²) in [4.78, 5) is 45.0. The molecule has 0 atom stereocenters. The molecule has 0 aliphatic carbocycles. The van der Waals surface area contributed by atoms with E-state index in [1.807, 2.05) is 0 Å². The molecule has 1 aromatic carbocycles. The van der Waals surface area contributed by atoms with E-state index in [0.29, 0.717) is 0 Å². The third kappa shape index (κ3) is 6.16. The van der Waals surface area contributed by atoms with Crippen molar-refractivity contribution in [3.8, 4) is 0 Å². The van der Waals surface area contributed by atoms with Crippen LogP contribution in [-0.2, 0) is 33.3 Å². The van der Waals surface area contributed by atoms with Crippen molar-refractivity contribution in [1.29, 1.82) is 0 Å². The van der Waals surface area contributed by atoms with Crippen LogP contribution in [0.15, 0.2) is 24.3 Å². The molecule has 0 amide bonds. The lowest BCUT2D eigenvalue weighted by Crippen LogP contribution is -2.19. The molecule has 0 aliphatic rings. The highest BCUT2D eigenvalue weighted by Crippen LogP contribution is 2.24. The number of hydrogen-bond donors (Lipinski definition) is 0. The van der Waals surface area contributed by atoms with E-state index in [4.69, 9.17) is 14.2 Å². The van der Waals surface area contributed by atoms with Gasteiger partial charge in [-0.1, -0.05) is 18.2 Å². The lowest BCUT2D eigenvalue weighted by molar-refractivity contribution is -0.186. The van der Waals surface area contributed by atoms with E-state index in [-0.39, 0.29) is 11.1 Å². The molecule has 8 nitrogen and oxygen atoms in total. The predicted octanol–water partition coefficient (Wildman–Crippen LogP) is 1.49. The molecule has 0 saturated heterocycles. The number of ether oxygens (including phenoxy) is 4. The Balaban J connectivity index is 3.00. The topological polar surface area (TPSA) is 105 Å². The molecule has 0 spiro atoms. The Morgan fingerprint density at radius 1 is 0.870 bits per heavy atom. The maximum absolute atomic E-state index is 12.0. The largest absolute Gasteiger partial charge is 0.428 e. The first kappa shape index (κ1) is 18.1. The Labute approximate surface area is 132 Å². The standard InChI is InChI=1S/C15H16O8/c1-9(16)20-8-21-14(19)12-6-4-5-7-13(12)15(22-10(2)17)23-11(3)18/h4-7,15H,8H2,1-3H3. The van der Waals surface area contributed by atoms with E-state index in [1.54, 1.807) is 12.1 Å². The quantitative estimate of drug-likeness (QED) is 0.572. The maximum Gasteiger partial charge on any atom is 0.341 e. The van der Waals surface area contributed by atoms with E-state index in [9.17, 15) is 19.2 Å². The lowest BCUT2D eigenvalue weighted by atomic mass is 10.1. The molecule has 0 bridgehead atoms. The highest BCUT2D eigenvalue weighted by Gasteiger charge is 2.25. The molecule has 0 saturated carbocycles. The second kappa shape index (κ2) is 8.52. The van der Waals surface area contributed by atoms with Crippen molar-refractivity contribution < 1.29 is 38.1 Å². The molecule has 0 unspecified atom stereocenters. The van der Waals surface area contributed by atoms with Crippen molar-refractivity contribution >= 4 is 23.9 Å². The van der Waals surface area contributed by atoms with Crippen LogP contribution >= 0.6 is 0 Å². The minimum atomic E-state index is -1.39. The Morgan fingerprint density at radius 3 is 1.96 bits per heavy atom. The van der Waals surface area contributed by atoms with Crippen LogP contribution in [0.5, 0.6) is 0 Å². The number of carbonyl (C=O) groups is 4. The second-order valence-electron chi connectivity index (χ2n) is 4.32. The van der Waals surface area contributed by atoms with Crippen LogP contribution in [0.3, 0.4) is 0 Å². The van der Waals surface area contributed by atoms with Crippen LogP contribution in [0.2, 0.25) is 0 Å². The van der Waals surface area contributed by atoms with Gasteiger partial charge in [0.15, 0.2) is 0 Å². The first-order chi connectivity index (χ1) is 10.8. The van der Waals surface area contributed by atoms with Gasteiger partial charge in [0, 0.05) is 26.3 Å². The molecule has 23 heavy (non-hydrogen) atoms. The summed E-state index contributed by atoms with van der Waals surface area (Å²) in [6.07, 6.45) is -1.39. The number of rotatable bonds is 6. The summed E-state index contributed by atoms with van der Waals surface area (Å²) in [6.45, 7) is 2.88. The third-order valence-electron chi connectivity index (χ3n) is 2.43. The monoisotopic (exact) mass is 324 g/mol. The van der Waals surface area contributed by atoms with Gasteiger partial charge in [0.05, 0.1) is 5.56 Å². The van der Waals surface area contributed by atoms with Gasteiger partial charge in [-0.3, -0.25) is 14.4 Å². The first-order valence-electron chi connectivity index (χ1n) is 6.55. The fourth-order valence-corrected chi connectivity index (χ4v) is 1.58. The van der Waals surface area contributed by atoms with Gasteiger partial charge in [0.2, 0.25) is 6.79 Å². The van der Waals surface area contributed by atoms with Crippen molar-refractivity contribution in [2.24, 2.45) is 0 Å². The smallest absolute Gasteiger partial charge is 0.341 e. The van der Waals surface area contributed by atoms with E-state index in [0.717, 1.165) is 13.8 Å². The summed E-state index contributed by atoms with van der Waals surface area (Å²) < 4.78 is 19.1. The summed E-state index contributed by atoms with van der Waals surface area (Å²) in [7, 11) is 0. The van der Waals surface area contributed by atoms with E-state index in [2.05, 4.69) is 4.74 Å². The molecule has 8 heteroatoms. The summed E-state index contributed by atoms with van der Waals surface area (Å²) in [6, 6.07) is 5.95. The second-order valence-corrected chi connectivity index (χ2v) is 4.32. The fourth-order valence-electron chi connectivity index (χ4n) is 1.58. The average Bonchev–Trinajstić information content (AvgIpc) is 2.45. The summed E-state index contributed by atoms with van der Waals surface area (Å²) in [5, 5.41) is 0. The van der Waals surface area contributed by atoms with Crippen LogP contribution in [0, 0.1) is 0 Å². The molecule has 0 aromatic heterocycles. The number of esters is 4. The van der Waals surface area contributed by atoms with Crippen LogP contribution in [0.1, 0.15) is 43.0 Å². The van der Waals surface area contributed by atoms with Crippen LogP contribution < -0.4 is 0 Å². The average molecular weight is 324 g/mol. The molecule has 0 radical (unpaired) electrons. The Bertz CT molecular complexity index is 591. The zero-order valence-corrected chi connectivity index (χ0v) is 12.9. The van der Waals surface area contributed by atoms with Gasteiger partial charge in [-0.05, 0) is 6.07 Å². The minimum Gasteiger partial charge on any atom is -0.428 e. The predicted molar refractivity (Wildman–Crippen MR) is 74.8 cm³/mol. The number of hydrogen-bond acceptors (Lipinski definition) is 8. The van der Waals surface area contributed by atoms with E-state index < -0.39 is 37.0 Å². The Morgan fingerprint density at radius 2 is 1.43 bits per heavy atom. The molecule has 124 valence electrons. The summed E-state index contributed by atoms with van der Waals surface area (Å²) in [5.41, 5.74) is 0.137. The highest BCUT2D eigenvalue weighted by molar-refractivity contribution is 5.91. The Kier molecular flexibility index (Phi) is 6.72. The summed E-state index contributed by atoms with van der Waals surface area (Å²) in [5.74, 6) is -2.83. The van der Waals surface area contributed by atoms with Gasteiger partial charge >= 0.3 is 23.9 Å². The van der Waals surface area contributed by atoms with Crippen LogP contribution in [-0.4, -0.2) is 30.7 Å². The van der Waals surface area contributed by atoms with Gasteiger partial charge in [-0.25, -0.2) is 4.79 Å². The van der Waals surface area contributed by atoms with Gasteiger partial charge in [0.1, 0.15) is 0 Å². The molecular weight excluding hydrogens is 308 g/mol. The number of carbonyl (C=O) groups excluding carboxylic acids is 4. The van der Waals surface area contributed by atoms with Gasteiger partial charge in [-0.15, -0.1) is 0 Å². The van der Waals surface area contributed by atoms with Gasteiger partial charge in [-0.2, -0.15) is 0 Å². The Hall–Kier alpha value is -2.90. The molecule has 0 N–H and O–H groups in total. The van der Waals surface area contributed by atoms with E-state index in [1.165, 1.54) is 19.1 Å². The zero-order valence-electron chi connectivity index (χ0n) is 12.9. The first-order valence-corrected chi connectivity index (χ1v) is 6.55. The van der Waals surface area contributed by atoms with Gasteiger partial charge in [0.25, 0.3) is 6.29 Å². The highest BCUT2D eigenvalue weighted by atomic mass is 16.7. The third-order valence-corrected chi connectivity index (χ3v) is 2.43. The molecule has 0 heterocycles. The maximum atomic E-state index is 12.0. The lowest BCUT2D eigenvalue weighted by Gasteiger charge is -2.19. The number of benzene rings is 1. The van der Waals surface area contributed by atoms with Gasteiger partial charge < -0.3 is 18.9 Å². The van der Waals surface area contributed by atoms with Crippen molar-refractivity contribution in [2.45, 2.75) is 27.1 Å². The summed E-state index contributed by atoms with van der Waals surface area (Å²) >= 11 is 0. The minimum absolute atomic E-state index is 0.00662. The van der Waals surface area contributed by atoms with Crippen molar-refractivity contribution in [1.82, 2.24) is 0 Å². The zero-order chi connectivity index (χ0) is 17.4. The van der Waals surface area contributed by atoms with Crippen molar-refractivity contribution in [3.63, 3.8) is 0 Å². The van der Waals surface area contributed by atoms with Crippen LogP contribution in [0.4, 0.5) is 0 Å². The molecule has 0 aliphatic heterocycles. The van der Waals surface area contributed by atoms with Crippen molar-refractivity contribution in [2.75, 3.05) is 6.79 Å². The van der Waals surface area contributed by atoms with Crippen LogP contribution in [0.25, 0.3) is 0 Å². The van der Waals surface area contributed by atoms with Crippen molar-refractivity contribution in [3.05, 3.63) is 35.4 Å². The SMILES string of the molecule is CC(=O)OCOC(=O)c1ccccc1C(OC(C)=O)OC(C)=O. The molecular formula is C15H16O8. The molecule has 0 fully saturated rings. The molecule has 1 aromatic rings. The van der Waals surface area contributed by atoms with E-state index >= 15 is 0 Å².